The van der Waals surface area contributed by atoms with Gasteiger partial charge in [-0.15, -0.1) is 0 Å². The fourth-order valence-electron chi connectivity index (χ4n) is 2.36. The van der Waals surface area contributed by atoms with Crippen molar-refractivity contribution < 1.29 is 4.79 Å². The van der Waals surface area contributed by atoms with Crippen molar-refractivity contribution in [3.8, 4) is 0 Å². The third kappa shape index (κ3) is 4.29. The Morgan fingerprint density at radius 1 is 1.20 bits per heavy atom. The Hall–Kier alpha value is -1.45. The van der Waals surface area contributed by atoms with Crippen LogP contribution in [0.2, 0.25) is 0 Å². The molecule has 0 N–H and O–H groups in total. The lowest BCUT2D eigenvalue weighted by Crippen LogP contribution is -2.41. The fourth-order valence-corrected chi connectivity index (χ4v) is 2.36. The summed E-state index contributed by atoms with van der Waals surface area (Å²) in [5, 5.41) is 0. The van der Waals surface area contributed by atoms with E-state index in [2.05, 4.69) is 30.7 Å². The van der Waals surface area contributed by atoms with Crippen LogP contribution in [0.3, 0.4) is 0 Å². The Morgan fingerprint density at radius 3 is 2.45 bits per heavy atom. The molecule has 112 valence electrons. The summed E-state index contributed by atoms with van der Waals surface area (Å²) in [5.74, 6) is 0.706. The summed E-state index contributed by atoms with van der Waals surface area (Å²) in [4.78, 5) is 23.1. The van der Waals surface area contributed by atoms with Crippen LogP contribution in [0.1, 0.15) is 65.5 Å². The van der Waals surface area contributed by atoms with E-state index in [1.165, 1.54) is 0 Å². The third-order valence-electron chi connectivity index (χ3n) is 3.46. The quantitative estimate of drug-likeness (QED) is 0.727. The second kappa shape index (κ2) is 8.67. The van der Waals surface area contributed by atoms with Crippen molar-refractivity contribution >= 4 is 11.9 Å². The van der Waals surface area contributed by atoms with Gasteiger partial charge in [-0.25, -0.2) is 9.97 Å². The minimum Gasteiger partial charge on any atom is -0.278 e. The third-order valence-corrected chi connectivity index (χ3v) is 3.46. The summed E-state index contributed by atoms with van der Waals surface area (Å²) >= 11 is 0. The van der Waals surface area contributed by atoms with Gasteiger partial charge in [0.25, 0.3) is 0 Å². The van der Waals surface area contributed by atoms with Crippen LogP contribution in [0.15, 0.2) is 12.3 Å². The van der Waals surface area contributed by atoms with Gasteiger partial charge >= 0.3 is 0 Å². The van der Waals surface area contributed by atoms with Crippen molar-refractivity contribution in [3.63, 3.8) is 0 Å². The van der Waals surface area contributed by atoms with E-state index in [0.29, 0.717) is 12.4 Å². The van der Waals surface area contributed by atoms with Gasteiger partial charge < -0.3 is 0 Å². The first kappa shape index (κ1) is 16.6. The molecule has 0 aromatic carbocycles. The number of nitrogens with zero attached hydrogens (tertiary/aromatic N) is 3. The zero-order valence-corrected chi connectivity index (χ0v) is 13.2. The average molecular weight is 277 g/mol. The zero-order valence-electron chi connectivity index (χ0n) is 13.2. The van der Waals surface area contributed by atoms with Gasteiger partial charge in [0.1, 0.15) is 0 Å². The van der Waals surface area contributed by atoms with E-state index < -0.39 is 0 Å². The summed E-state index contributed by atoms with van der Waals surface area (Å²) in [6.07, 6.45) is 6.99. The highest BCUT2D eigenvalue weighted by molar-refractivity contribution is 5.92. The van der Waals surface area contributed by atoms with E-state index in [-0.39, 0.29) is 11.9 Å². The van der Waals surface area contributed by atoms with Crippen LogP contribution in [0.25, 0.3) is 0 Å². The molecule has 1 aromatic heterocycles. The minimum atomic E-state index is 0.134. The molecule has 1 amide bonds. The highest BCUT2D eigenvalue weighted by Gasteiger charge is 2.24. The summed E-state index contributed by atoms with van der Waals surface area (Å²) in [7, 11) is 0. The van der Waals surface area contributed by atoms with Crippen molar-refractivity contribution in [1.29, 1.82) is 0 Å². The molecule has 0 fully saturated rings. The highest BCUT2D eigenvalue weighted by atomic mass is 16.2. The first-order valence-electron chi connectivity index (χ1n) is 7.81. The number of rotatable bonds is 8. The smallest absolute Gasteiger partial charge is 0.232 e. The molecular formula is C16H27N3O. The zero-order chi connectivity index (χ0) is 15.0. The van der Waals surface area contributed by atoms with Gasteiger partial charge in [-0.05, 0) is 31.7 Å². The van der Waals surface area contributed by atoms with Gasteiger partial charge in [0.05, 0.1) is 0 Å². The fraction of sp³-hybridized carbons (Fsp3) is 0.688. The molecule has 0 unspecified atom stereocenters. The maximum atomic E-state index is 12.4. The lowest BCUT2D eigenvalue weighted by Gasteiger charge is -2.28. The maximum absolute atomic E-state index is 12.4. The lowest BCUT2D eigenvalue weighted by atomic mass is 10.1. The van der Waals surface area contributed by atoms with Crippen LogP contribution < -0.4 is 4.90 Å². The predicted octanol–water partition coefficient (Wildman–Crippen LogP) is 3.75. The van der Waals surface area contributed by atoms with E-state index in [4.69, 9.17) is 0 Å². The number of hydrogen-bond donors (Lipinski definition) is 0. The second-order valence-electron chi connectivity index (χ2n) is 5.08. The molecule has 0 aliphatic rings. The van der Waals surface area contributed by atoms with E-state index in [0.717, 1.165) is 37.8 Å². The number of anilines is 1. The van der Waals surface area contributed by atoms with Crippen LogP contribution in [-0.4, -0.2) is 21.9 Å². The van der Waals surface area contributed by atoms with Crippen molar-refractivity contribution in [2.75, 3.05) is 4.90 Å². The molecule has 4 heteroatoms. The van der Waals surface area contributed by atoms with Gasteiger partial charge in [-0.3, -0.25) is 9.69 Å². The van der Waals surface area contributed by atoms with E-state index in [1.807, 2.05) is 17.9 Å². The number of aryl methyl sites for hydroxylation is 1. The first-order chi connectivity index (χ1) is 9.67. The number of carbonyl (C=O) groups excluding carboxylic acids is 1. The van der Waals surface area contributed by atoms with Crippen molar-refractivity contribution in [2.45, 2.75) is 72.3 Å². The van der Waals surface area contributed by atoms with Gasteiger partial charge in [0.2, 0.25) is 11.9 Å². The van der Waals surface area contributed by atoms with Crippen LogP contribution in [0, 0.1) is 0 Å². The molecule has 0 atom stereocenters. The van der Waals surface area contributed by atoms with Gasteiger partial charge in [-0.1, -0.05) is 34.1 Å². The molecule has 20 heavy (non-hydrogen) atoms. The van der Waals surface area contributed by atoms with Crippen LogP contribution in [0.5, 0.6) is 0 Å². The van der Waals surface area contributed by atoms with Gasteiger partial charge in [0.15, 0.2) is 0 Å². The van der Waals surface area contributed by atoms with Crippen LogP contribution in [0.4, 0.5) is 5.95 Å². The predicted molar refractivity (Wildman–Crippen MR) is 82.8 cm³/mol. The van der Waals surface area contributed by atoms with E-state index >= 15 is 0 Å². The monoisotopic (exact) mass is 277 g/mol. The molecule has 1 heterocycles. The SMILES string of the molecule is CCCC(=O)N(c1nccc(CCC)n1)C(CC)CC. The summed E-state index contributed by atoms with van der Waals surface area (Å²) in [6, 6.07) is 2.12. The van der Waals surface area contributed by atoms with Crippen molar-refractivity contribution in [3.05, 3.63) is 18.0 Å². The maximum Gasteiger partial charge on any atom is 0.232 e. The molecule has 0 aliphatic carbocycles. The minimum absolute atomic E-state index is 0.134. The van der Waals surface area contributed by atoms with Gasteiger partial charge in [0, 0.05) is 24.4 Å². The molecule has 1 rings (SSSR count). The van der Waals surface area contributed by atoms with Crippen LogP contribution >= 0.6 is 0 Å². The topological polar surface area (TPSA) is 46.1 Å². The Kier molecular flexibility index (Phi) is 7.20. The Bertz CT molecular complexity index is 416. The molecule has 0 aliphatic heterocycles. The Labute approximate surface area is 122 Å². The summed E-state index contributed by atoms with van der Waals surface area (Å²) in [5.41, 5.74) is 1.01. The Morgan fingerprint density at radius 2 is 1.90 bits per heavy atom. The molecule has 0 saturated carbocycles. The standard InChI is InChI=1S/C16H27N3O/c1-5-9-13-11-12-17-16(18-13)19(14(7-3)8-4)15(20)10-6-2/h11-12,14H,5-10H2,1-4H3. The van der Waals surface area contributed by atoms with Crippen LogP contribution in [-0.2, 0) is 11.2 Å². The molecule has 0 saturated heterocycles. The molecule has 0 radical (unpaired) electrons. The van der Waals surface area contributed by atoms with E-state index in [9.17, 15) is 4.79 Å². The molecule has 4 nitrogen and oxygen atoms in total. The molecular weight excluding hydrogens is 250 g/mol. The summed E-state index contributed by atoms with van der Waals surface area (Å²) in [6.45, 7) is 8.37. The number of amides is 1. The Balaban J connectivity index is 3.08. The second-order valence-corrected chi connectivity index (χ2v) is 5.08. The van der Waals surface area contributed by atoms with E-state index in [1.54, 1.807) is 6.20 Å². The molecule has 0 bridgehead atoms. The first-order valence-corrected chi connectivity index (χ1v) is 7.81. The normalized spacial score (nSPS) is 10.8. The largest absolute Gasteiger partial charge is 0.278 e. The van der Waals surface area contributed by atoms with Gasteiger partial charge in [-0.2, -0.15) is 0 Å². The highest BCUT2D eigenvalue weighted by Crippen LogP contribution is 2.18. The molecule has 0 spiro atoms. The van der Waals surface area contributed by atoms with Crippen molar-refractivity contribution in [1.82, 2.24) is 9.97 Å². The lowest BCUT2D eigenvalue weighted by molar-refractivity contribution is -0.119. The average Bonchev–Trinajstić information content (AvgIpc) is 2.45. The van der Waals surface area contributed by atoms with Crippen molar-refractivity contribution in [2.24, 2.45) is 0 Å². The number of aromatic nitrogens is 2. The number of hydrogen-bond acceptors (Lipinski definition) is 3. The summed E-state index contributed by atoms with van der Waals surface area (Å²) < 4.78 is 0. The molecule has 1 aromatic rings. The number of carbonyl (C=O) groups is 1.